The second kappa shape index (κ2) is 4.10. The third-order valence-electron chi connectivity index (χ3n) is 2.66. The highest BCUT2D eigenvalue weighted by Crippen LogP contribution is 2.30. The summed E-state index contributed by atoms with van der Waals surface area (Å²) in [4.78, 5) is 4.49. The molecule has 0 bridgehead atoms. The van der Waals surface area contributed by atoms with Gasteiger partial charge in [-0.2, -0.15) is 0 Å². The molecule has 1 atom stereocenters. The van der Waals surface area contributed by atoms with E-state index in [0.717, 1.165) is 27.9 Å². The molecule has 2 rings (SSSR count). The Kier molecular flexibility index (Phi) is 2.79. The van der Waals surface area contributed by atoms with Gasteiger partial charge < -0.3 is 10.5 Å². The monoisotopic (exact) mass is 216 g/mol. The summed E-state index contributed by atoms with van der Waals surface area (Å²) in [6, 6.07) is 7.86. The Balaban J connectivity index is 2.85. The SMILES string of the molecule is COc1cccc2nc(C)cc(C(C)N)c12. The van der Waals surface area contributed by atoms with E-state index in [0.29, 0.717) is 0 Å². The van der Waals surface area contributed by atoms with Gasteiger partial charge in [-0.05, 0) is 37.6 Å². The molecule has 0 fully saturated rings. The van der Waals surface area contributed by atoms with Crippen LogP contribution in [0.3, 0.4) is 0 Å². The van der Waals surface area contributed by atoms with Crippen molar-refractivity contribution < 1.29 is 4.74 Å². The number of rotatable bonds is 2. The molecule has 2 aromatic rings. The summed E-state index contributed by atoms with van der Waals surface area (Å²) in [7, 11) is 1.67. The molecular formula is C13H16N2O. The fourth-order valence-electron chi connectivity index (χ4n) is 1.95. The van der Waals surface area contributed by atoms with Gasteiger partial charge in [-0.3, -0.25) is 4.98 Å². The van der Waals surface area contributed by atoms with Gasteiger partial charge in [0.2, 0.25) is 0 Å². The number of hydrogen-bond donors (Lipinski definition) is 1. The highest BCUT2D eigenvalue weighted by Gasteiger charge is 2.11. The maximum absolute atomic E-state index is 5.99. The van der Waals surface area contributed by atoms with E-state index in [2.05, 4.69) is 4.98 Å². The third kappa shape index (κ3) is 1.74. The van der Waals surface area contributed by atoms with E-state index in [-0.39, 0.29) is 6.04 Å². The van der Waals surface area contributed by atoms with Crippen molar-refractivity contribution in [2.45, 2.75) is 19.9 Å². The van der Waals surface area contributed by atoms with E-state index in [1.54, 1.807) is 7.11 Å². The first-order chi connectivity index (χ1) is 7.63. The lowest BCUT2D eigenvalue weighted by Crippen LogP contribution is -2.07. The molecule has 1 aromatic carbocycles. The molecule has 84 valence electrons. The molecule has 0 saturated heterocycles. The Morgan fingerprint density at radius 3 is 2.75 bits per heavy atom. The first-order valence-corrected chi connectivity index (χ1v) is 5.33. The molecule has 0 amide bonds. The molecule has 3 heteroatoms. The second-order valence-corrected chi connectivity index (χ2v) is 4.00. The number of nitrogens with zero attached hydrogens (tertiary/aromatic N) is 1. The molecule has 1 unspecified atom stereocenters. The lowest BCUT2D eigenvalue weighted by Gasteiger charge is -2.13. The van der Waals surface area contributed by atoms with E-state index in [1.807, 2.05) is 38.1 Å². The van der Waals surface area contributed by atoms with Crippen LogP contribution in [-0.4, -0.2) is 12.1 Å². The zero-order valence-electron chi connectivity index (χ0n) is 9.82. The van der Waals surface area contributed by atoms with Crippen LogP contribution >= 0.6 is 0 Å². The lowest BCUT2D eigenvalue weighted by molar-refractivity contribution is 0.419. The van der Waals surface area contributed by atoms with E-state index >= 15 is 0 Å². The van der Waals surface area contributed by atoms with Gasteiger partial charge in [0.15, 0.2) is 0 Å². The summed E-state index contributed by atoms with van der Waals surface area (Å²) < 4.78 is 5.36. The highest BCUT2D eigenvalue weighted by atomic mass is 16.5. The van der Waals surface area contributed by atoms with Gasteiger partial charge in [-0.15, -0.1) is 0 Å². The number of nitrogens with two attached hydrogens (primary N) is 1. The highest BCUT2D eigenvalue weighted by molar-refractivity contribution is 5.89. The number of pyridine rings is 1. The Morgan fingerprint density at radius 2 is 2.12 bits per heavy atom. The van der Waals surface area contributed by atoms with E-state index in [1.165, 1.54) is 0 Å². The number of hydrogen-bond acceptors (Lipinski definition) is 3. The number of aryl methyl sites for hydroxylation is 1. The molecule has 0 aliphatic heterocycles. The number of ether oxygens (including phenoxy) is 1. The maximum atomic E-state index is 5.99. The number of methoxy groups -OCH3 is 1. The molecule has 16 heavy (non-hydrogen) atoms. The molecule has 0 spiro atoms. The van der Waals surface area contributed by atoms with Crippen molar-refractivity contribution in [3.8, 4) is 5.75 Å². The maximum Gasteiger partial charge on any atom is 0.128 e. The summed E-state index contributed by atoms with van der Waals surface area (Å²) >= 11 is 0. The van der Waals surface area contributed by atoms with Crippen LogP contribution < -0.4 is 10.5 Å². The Hall–Kier alpha value is -1.61. The molecule has 0 aliphatic rings. The molecular weight excluding hydrogens is 200 g/mol. The Morgan fingerprint density at radius 1 is 1.38 bits per heavy atom. The predicted molar refractivity (Wildman–Crippen MR) is 65.6 cm³/mol. The topological polar surface area (TPSA) is 48.1 Å². The smallest absolute Gasteiger partial charge is 0.128 e. The minimum atomic E-state index is -0.0273. The van der Waals surface area contributed by atoms with Crippen LogP contribution in [0.25, 0.3) is 10.9 Å². The molecule has 0 radical (unpaired) electrons. The fourth-order valence-corrected chi connectivity index (χ4v) is 1.95. The van der Waals surface area contributed by atoms with Gasteiger partial charge in [-0.25, -0.2) is 0 Å². The van der Waals surface area contributed by atoms with Crippen LogP contribution in [0.2, 0.25) is 0 Å². The average molecular weight is 216 g/mol. The molecule has 1 heterocycles. The average Bonchev–Trinajstić information content (AvgIpc) is 2.26. The molecule has 0 aliphatic carbocycles. The second-order valence-electron chi connectivity index (χ2n) is 4.00. The predicted octanol–water partition coefficient (Wildman–Crippen LogP) is 2.57. The molecule has 2 N–H and O–H groups in total. The number of benzene rings is 1. The fraction of sp³-hybridized carbons (Fsp3) is 0.308. The largest absolute Gasteiger partial charge is 0.496 e. The van der Waals surface area contributed by atoms with Gasteiger partial charge >= 0.3 is 0 Å². The standard InChI is InChI=1S/C13H16N2O/c1-8-7-10(9(2)14)13-11(15-8)5-4-6-12(13)16-3/h4-7,9H,14H2,1-3H3. The van der Waals surface area contributed by atoms with Crippen LogP contribution in [0, 0.1) is 6.92 Å². The minimum Gasteiger partial charge on any atom is -0.496 e. The van der Waals surface area contributed by atoms with Crippen LogP contribution in [0.4, 0.5) is 0 Å². The van der Waals surface area contributed by atoms with Crippen molar-refractivity contribution in [3.05, 3.63) is 35.5 Å². The van der Waals surface area contributed by atoms with Gasteiger partial charge in [0.1, 0.15) is 5.75 Å². The summed E-state index contributed by atoms with van der Waals surface area (Å²) in [5, 5.41) is 1.02. The molecule has 3 nitrogen and oxygen atoms in total. The molecule has 1 aromatic heterocycles. The first-order valence-electron chi connectivity index (χ1n) is 5.33. The zero-order valence-corrected chi connectivity index (χ0v) is 9.82. The van der Waals surface area contributed by atoms with Crippen LogP contribution in [0.1, 0.15) is 24.2 Å². The zero-order chi connectivity index (χ0) is 11.7. The van der Waals surface area contributed by atoms with Crippen LogP contribution in [-0.2, 0) is 0 Å². The first kappa shape index (κ1) is 10.9. The van der Waals surface area contributed by atoms with Crippen molar-refractivity contribution >= 4 is 10.9 Å². The van der Waals surface area contributed by atoms with E-state index in [9.17, 15) is 0 Å². The minimum absolute atomic E-state index is 0.0273. The van der Waals surface area contributed by atoms with Crippen molar-refractivity contribution in [2.75, 3.05) is 7.11 Å². The van der Waals surface area contributed by atoms with Gasteiger partial charge in [-0.1, -0.05) is 6.07 Å². The number of aromatic nitrogens is 1. The molecule has 0 saturated carbocycles. The van der Waals surface area contributed by atoms with Crippen molar-refractivity contribution in [3.63, 3.8) is 0 Å². The van der Waals surface area contributed by atoms with Crippen LogP contribution in [0.5, 0.6) is 5.75 Å². The summed E-state index contributed by atoms with van der Waals surface area (Å²) in [5.74, 6) is 0.831. The quantitative estimate of drug-likeness (QED) is 0.839. The Labute approximate surface area is 95.2 Å². The van der Waals surface area contributed by atoms with Crippen LogP contribution in [0.15, 0.2) is 24.3 Å². The van der Waals surface area contributed by atoms with Gasteiger partial charge in [0.25, 0.3) is 0 Å². The normalized spacial score (nSPS) is 12.8. The summed E-state index contributed by atoms with van der Waals surface area (Å²) in [6.45, 7) is 3.95. The summed E-state index contributed by atoms with van der Waals surface area (Å²) in [6.07, 6.45) is 0. The van der Waals surface area contributed by atoms with E-state index < -0.39 is 0 Å². The lowest BCUT2D eigenvalue weighted by atomic mass is 10.0. The number of fused-ring (bicyclic) bond motifs is 1. The summed E-state index contributed by atoms with van der Waals surface area (Å²) in [5.41, 5.74) is 8.99. The van der Waals surface area contributed by atoms with Crippen molar-refractivity contribution in [1.29, 1.82) is 0 Å². The van der Waals surface area contributed by atoms with Gasteiger partial charge in [0.05, 0.1) is 12.6 Å². The van der Waals surface area contributed by atoms with E-state index in [4.69, 9.17) is 10.5 Å². The Bertz CT molecular complexity index is 521. The van der Waals surface area contributed by atoms with Gasteiger partial charge in [0, 0.05) is 17.1 Å². The van der Waals surface area contributed by atoms with Crippen molar-refractivity contribution in [1.82, 2.24) is 4.98 Å². The third-order valence-corrected chi connectivity index (χ3v) is 2.66. The van der Waals surface area contributed by atoms with Crippen molar-refractivity contribution in [2.24, 2.45) is 5.73 Å².